The number of H-pyrrole nitrogens is 1. The molecule has 0 aliphatic rings. The highest BCUT2D eigenvalue weighted by Crippen LogP contribution is 2.24. The van der Waals surface area contributed by atoms with E-state index in [2.05, 4.69) is 31.1 Å². The van der Waals surface area contributed by atoms with E-state index in [-0.39, 0.29) is 11.7 Å². The first-order chi connectivity index (χ1) is 9.33. The van der Waals surface area contributed by atoms with Crippen molar-refractivity contribution < 1.29 is 13.9 Å². The second kappa shape index (κ2) is 6.01. The number of furan rings is 1. The van der Waals surface area contributed by atoms with Gasteiger partial charge in [-0.05, 0) is 48.8 Å². The highest BCUT2D eigenvalue weighted by molar-refractivity contribution is 9.10. The summed E-state index contributed by atoms with van der Waals surface area (Å²) in [5, 5.41) is 7.32. The number of nitrogens with one attached hydrogen (secondary N) is 1. The van der Waals surface area contributed by atoms with Gasteiger partial charge in [0.05, 0.1) is 5.75 Å². The topological polar surface area (TPSA) is 81.0 Å². The summed E-state index contributed by atoms with van der Waals surface area (Å²) in [7, 11) is 0. The SMILES string of the molecule is CC(C)(C)OC(=O)CSc1nc(-c2ccc(Br)o2)n[nH]1. The number of nitrogens with zero attached hydrogens (tertiary/aromatic N) is 2. The molecule has 0 radical (unpaired) electrons. The summed E-state index contributed by atoms with van der Waals surface area (Å²) in [5.41, 5.74) is -0.481. The molecule has 0 aliphatic carbocycles. The Labute approximate surface area is 128 Å². The largest absolute Gasteiger partial charge is 0.459 e. The molecule has 0 bridgehead atoms. The van der Waals surface area contributed by atoms with E-state index in [1.165, 1.54) is 11.8 Å². The molecule has 0 saturated heterocycles. The third-order valence-corrected chi connectivity index (χ3v) is 3.27. The summed E-state index contributed by atoms with van der Waals surface area (Å²) in [6.07, 6.45) is 0. The lowest BCUT2D eigenvalue weighted by atomic mass is 10.2. The zero-order chi connectivity index (χ0) is 14.8. The van der Waals surface area contributed by atoms with Gasteiger partial charge in [0, 0.05) is 0 Å². The fraction of sp³-hybridized carbons (Fsp3) is 0.417. The number of carbonyl (C=O) groups is 1. The number of carbonyl (C=O) groups excluding carboxylic acids is 1. The van der Waals surface area contributed by atoms with Crippen molar-refractivity contribution >= 4 is 33.7 Å². The first kappa shape index (κ1) is 15.1. The Morgan fingerprint density at radius 3 is 2.85 bits per heavy atom. The van der Waals surface area contributed by atoms with Crippen LogP contribution in [0.2, 0.25) is 0 Å². The molecular weight excluding hydrogens is 346 g/mol. The lowest BCUT2D eigenvalue weighted by molar-refractivity contribution is -0.151. The summed E-state index contributed by atoms with van der Waals surface area (Å²) in [6, 6.07) is 3.52. The molecule has 0 saturated carbocycles. The molecule has 2 rings (SSSR count). The molecule has 6 nitrogen and oxygen atoms in total. The highest BCUT2D eigenvalue weighted by atomic mass is 79.9. The lowest BCUT2D eigenvalue weighted by Gasteiger charge is -2.18. The number of aromatic amines is 1. The second-order valence-corrected chi connectivity index (χ2v) is 6.69. The number of rotatable bonds is 4. The Bertz CT molecular complexity index is 603. The summed E-state index contributed by atoms with van der Waals surface area (Å²) in [5.74, 6) is 0.883. The van der Waals surface area contributed by atoms with E-state index in [9.17, 15) is 4.79 Å². The molecule has 0 atom stereocenters. The van der Waals surface area contributed by atoms with Crippen LogP contribution < -0.4 is 0 Å². The van der Waals surface area contributed by atoms with Crippen LogP contribution in [-0.2, 0) is 9.53 Å². The normalized spacial score (nSPS) is 11.6. The molecule has 8 heteroatoms. The van der Waals surface area contributed by atoms with Crippen molar-refractivity contribution in [3.8, 4) is 11.6 Å². The minimum absolute atomic E-state index is 0.174. The number of thioether (sulfide) groups is 1. The lowest BCUT2D eigenvalue weighted by Crippen LogP contribution is -2.24. The van der Waals surface area contributed by atoms with Gasteiger partial charge in [0.1, 0.15) is 5.60 Å². The first-order valence-electron chi connectivity index (χ1n) is 5.86. The maximum atomic E-state index is 11.6. The van der Waals surface area contributed by atoms with Gasteiger partial charge in [-0.3, -0.25) is 9.89 Å². The quantitative estimate of drug-likeness (QED) is 0.666. The van der Waals surface area contributed by atoms with Gasteiger partial charge in [0.15, 0.2) is 15.6 Å². The van der Waals surface area contributed by atoms with Gasteiger partial charge >= 0.3 is 5.97 Å². The highest BCUT2D eigenvalue weighted by Gasteiger charge is 2.17. The summed E-state index contributed by atoms with van der Waals surface area (Å²) in [4.78, 5) is 15.8. The van der Waals surface area contributed by atoms with Crippen LogP contribution in [0.15, 0.2) is 26.4 Å². The Morgan fingerprint density at radius 2 is 2.25 bits per heavy atom. The molecular formula is C12H14BrN3O3S. The maximum Gasteiger partial charge on any atom is 0.316 e. The fourth-order valence-corrected chi connectivity index (χ4v) is 2.24. The smallest absolute Gasteiger partial charge is 0.316 e. The standard InChI is InChI=1S/C12H14BrN3O3S/c1-12(2,3)19-9(17)6-20-11-14-10(15-16-11)7-4-5-8(13)18-7/h4-5H,6H2,1-3H3,(H,14,15,16). The van der Waals surface area contributed by atoms with E-state index in [0.29, 0.717) is 21.4 Å². The zero-order valence-electron chi connectivity index (χ0n) is 11.3. The van der Waals surface area contributed by atoms with Gasteiger partial charge in [-0.1, -0.05) is 11.8 Å². The third kappa shape index (κ3) is 4.38. The van der Waals surface area contributed by atoms with Gasteiger partial charge in [-0.2, -0.15) is 4.98 Å². The molecule has 0 amide bonds. The molecule has 0 aromatic carbocycles. The van der Waals surface area contributed by atoms with E-state index in [1.807, 2.05) is 20.8 Å². The fourth-order valence-electron chi connectivity index (χ4n) is 1.35. The van der Waals surface area contributed by atoms with Gasteiger partial charge in [0.25, 0.3) is 0 Å². The Balaban J connectivity index is 1.92. The predicted octanol–water partition coefficient (Wildman–Crippen LogP) is 3.26. The van der Waals surface area contributed by atoms with Crippen LogP contribution in [-0.4, -0.2) is 32.5 Å². The van der Waals surface area contributed by atoms with E-state index in [0.717, 1.165) is 0 Å². The first-order valence-corrected chi connectivity index (χ1v) is 7.64. The van der Waals surface area contributed by atoms with E-state index >= 15 is 0 Å². The molecule has 0 unspecified atom stereocenters. The number of halogens is 1. The summed E-state index contributed by atoms with van der Waals surface area (Å²) in [6.45, 7) is 5.49. The van der Waals surface area contributed by atoms with E-state index in [4.69, 9.17) is 9.15 Å². The van der Waals surface area contributed by atoms with Crippen LogP contribution in [0.1, 0.15) is 20.8 Å². The van der Waals surface area contributed by atoms with E-state index in [1.54, 1.807) is 12.1 Å². The van der Waals surface area contributed by atoms with Crippen LogP contribution >= 0.6 is 27.7 Å². The zero-order valence-corrected chi connectivity index (χ0v) is 13.7. The van der Waals surface area contributed by atoms with Crippen molar-refractivity contribution in [3.63, 3.8) is 0 Å². The average Bonchev–Trinajstić information content (AvgIpc) is 2.92. The number of hydrogen-bond acceptors (Lipinski definition) is 6. The van der Waals surface area contributed by atoms with Crippen molar-refractivity contribution in [2.24, 2.45) is 0 Å². The van der Waals surface area contributed by atoms with Crippen molar-refractivity contribution in [1.82, 2.24) is 15.2 Å². The van der Waals surface area contributed by atoms with Crippen molar-refractivity contribution in [2.75, 3.05) is 5.75 Å². The van der Waals surface area contributed by atoms with Crippen LogP contribution in [0, 0.1) is 0 Å². The molecule has 20 heavy (non-hydrogen) atoms. The van der Waals surface area contributed by atoms with Gasteiger partial charge < -0.3 is 9.15 Å². The van der Waals surface area contributed by atoms with E-state index < -0.39 is 5.60 Å². The number of esters is 1. The van der Waals surface area contributed by atoms with Gasteiger partial charge in [-0.15, -0.1) is 5.10 Å². The van der Waals surface area contributed by atoms with Crippen LogP contribution in [0.4, 0.5) is 0 Å². The van der Waals surface area contributed by atoms with Gasteiger partial charge in [-0.25, -0.2) is 0 Å². The molecule has 108 valence electrons. The molecule has 2 heterocycles. The number of ether oxygens (including phenoxy) is 1. The molecule has 0 fully saturated rings. The molecule has 0 spiro atoms. The van der Waals surface area contributed by atoms with Crippen molar-refractivity contribution in [1.29, 1.82) is 0 Å². The number of hydrogen-bond donors (Lipinski definition) is 1. The predicted molar refractivity (Wildman–Crippen MR) is 78.4 cm³/mol. The van der Waals surface area contributed by atoms with Crippen molar-refractivity contribution in [2.45, 2.75) is 31.5 Å². The molecule has 0 aliphatic heterocycles. The van der Waals surface area contributed by atoms with Crippen LogP contribution in [0.25, 0.3) is 11.6 Å². The van der Waals surface area contributed by atoms with Gasteiger partial charge in [0.2, 0.25) is 5.82 Å². The molecule has 1 N–H and O–H groups in total. The number of aromatic nitrogens is 3. The minimum atomic E-state index is -0.481. The average molecular weight is 360 g/mol. The van der Waals surface area contributed by atoms with Crippen LogP contribution in [0.5, 0.6) is 0 Å². The molecule has 2 aromatic heterocycles. The van der Waals surface area contributed by atoms with Crippen molar-refractivity contribution in [3.05, 3.63) is 16.8 Å². The molecule has 2 aromatic rings. The Morgan fingerprint density at radius 1 is 1.50 bits per heavy atom. The maximum absolute atomic E-state index is 11.6. The monoisotopic (exact) mass is 359 g/mol. The second-order valence-electron chi connectivity index (χ2n) is 4.94. The summed E-state index contributed by atoms with van der Waals surface area (Å²) >= 11 is 4.45. The summed E-state index contributed by atoms with van der Waals surface area (Å²) < 4.78 is 11.2. The van der Waals surface area contributed by atoms with Crippen LogP contribution in [0.3, 0.4) is 0 Å². The Kier molecular flexibility index (Phi) is 4.54. The third-order valence-electron chi connectivity index (χ3n) is 2.01. The Hall–Kier alpha value is -1.28. The minimum Gasteiger partial charge on any atom is -0.459 e.